The lowest BCUT2D eigenvalue weighted by atomic mass is 10.1. The Bertz CT molecular complexity index is 1330. The summed E-state index contributed by atoms with van der Waals surface area (Å²) in [6, 6.07) is 13.8. The third-order valence-corrected chi connectivity index (χ3v) is 7.78. The number of benzene rings is 2. The molecule has 0 atom stereocenters. The number of H-pyrrole nitrogens is 1. The van der Waals surface area contributed by atoms with Gasteiger partial charge in [-0.3, -0.25) is 19.1 Å². The monoisotopic (exact) mass is 539 g/mol. The number of carbonyl (C=O) groups is 1. The average Bonchev–Trinajstić information content (AvgIpc) is 2.91. The van der Waals surface area contributed by atoms with Crippen molar-refractivity contribution in [3.05, 3.63) is 86.3 Å². The molecular weight excluding hydrogens is 505 g/mol. The molecule has 2 heterocycles. The highest BCUT2D eigenvalue weighted by Crippen LogP contribution is 2.19. The molecule has 0 unspecified atom stereocenters. The lowest BCUT2D eigenvalue weighted by molar-refractivity contribution is -0.128. The topological polar surface area (TPSA) is 90.4 Å². The van der Waals surface area contributed by atoms with Crippen LogP contribution in [-0.2, 0) is 17.8 Å². The molecular formula is C28H34FN5O3S. The third kappa shape index (κ3) is 7.06. The lowest BCUT2D eigenvalue weighted by Crippen LogP contribution is -2.49. The van der Waals surface area contributed by atoms with Crippen LogP contribution in [0.5, 0.6) is 0 Å². The molecule has 8 nitrogen and oxygen atoms in total. The number of aromatic amines is 1. The standard InChI is InChI=1S/C28H34FN5O3S/c1-3-21-17-23(8-5-20(21)2)30-25-18-26(35)34(28(37)31-25)11-4-16-38-19-27(36)33-14-12-32(13-15-33)24-9-6-22(29)7-10-24/h5-10,17-18,30H,3-4,11-16,19H2,1-2H3,(H,31,37). The fourth-order valence-corrected chi connectivity index (χ4v) is 5.36. The lowest BCUT2D eigenvalue weighted by Gasteiger charge is -2.36. The van der Waals surface area contributed by atoms with Gasteiger partial charge in [0, 0.05) is 50.2 Å². The second-order valence-electron chi connectivity index (χ2n) is 9.35. The second kappa shape index (κ2) is 12.8. The van der Waals surface area contributed by atoms with Gasteiger partial charge in [-0.15, -0.1) is 0 Å². The molecule has 38 heavy (non-hydrogen) atoms. The van der Waals surface area contributed by atoms with E-state index in [1.165, 1.54) is 45.7 Å². The minimum atomic E-state index is -0.456. The zero-order chi connectivity index (χ0) is 27.1. The molecule has 1 fully saturated rings. The van der Waals surface area contributed by atoms with Gasteiger partial charge in [0.2, 0.25) is 5.91 Å². The van der Waals surface area contributed by atoms with Gasteiger partial charge < -0.3 is 15.1 Å². The van der Waals surface area contributed by atoms with Crippen molar-refractivity contribution < 1.29 is 9.18 Å². The molecule has 1 aliphatic rings. The van der Waals surface area contributed by atoms with Crippen molar-refractivity contribution in [1.29, 1.82) is 0 Å². The molecule has 0 saturated carbocycles. The maximum absolute atomic E-state index is 13.1. The quantitative estimate of drug-likeness (QED) is 0.382. The van der Waals surface area contributed by atoms with Crippen LogP contribution in [0.1, 0.15) is 24.5 Å². The summed E-state index contributed by atoms with van der Waals surface area (Å²) in [5.74, 6) is 1.21. The number of amides is 1. The van der Waals surface area contributed by atoms with Gasteiger partial charge in [0.25, 0.3) is 5.56 Å². The predicted octanol–water partition coefficient (Wildman–Crippen LogP) is 3.76. The first-order valence-corrected chi connectivity index (χ1v) is 14.1. The van der Waals surface area contributed by atoms with E-state index in [1.54, 1.807) is 12.1 Å². The molecule has 10 heteroatoms. The van der Waals surface area contributed by atoms with E-state index in [2.05, 4.69) is 29.0 Å². The first-order valence-electron chi connectivity index (χ1n) is 12.9. The first kappa shape index (κ1) is 27.5. The highest BCUT2D eigenvalue weighted by molar-refractivity contribution is 7.99. The van der Waals surface area contributed by atoms with Crippen molar-refractivity contribution >= 4 is 34.9 Å². The van der Waals surface area contributed by atoms with E-state index in [0.29, 0.717) is 49.9 Å². The van der Waals surface area contributed by atoms with Gasteiger partial charge in [0.1, 0.15) is 11.6 Å². The number of aryl methyl sites for hydroxylation is 2. The summed E-state index contributed by atoms with van der Waals surface area (Å²) < 4.78 is 14.3. The molecule has 2 aromatic carbocycles. The Labute approximate surface area is 225 Å². The predicted molar refractivity (Wildman–Crippen MR) is 152 cm³/mol. The fraction of sp³-hybridized carbons (Fsp3) is 0.393. The fourth-order valence-electron chi connectivity index (χ4n) is 4.53. The molecule has 0 spiro atoms. The zero-order valence-electron chi connectivity index (χ0n) is 21.8. The molecule has 4 rings (SSSR count). The number of hydrogen-bond donors (Lipinski definition) is 2. The molecule has 1 aliphatic heterocycles. The number of thioether (sulfide) groups is 1. The Kier molecular flexibility index (Phi) is 9.28. The Morgan fingerprint density at radius 3 is 2.47 bits per heavy atom. The highest BCUT2D eigenvalue weighted by atomic mass is 32.2. The molecule has 0 bridgehead atoms. The SMILES string of the molecule is CCc1cc(Nc2cc(=O)n(CCCSCC(=O)N3CCN(c4ccc(F)cc4)CC3)c(=O)[nH]2)ccc1C. The van der Waals surface area contributed by atoms with Gasteiger partial charge in [0.05, 0.1) is 5.75 Å². The first-order chi connectivity index (χ1) is 18.3. The van der Waals surface area contributed by atoms with Crippen LogP contribution >= 0.6 is 11.8 Å². The van der Waals surface area contributed by atoms with Crippen molar-refractivity contribution in [3.8, 4) is 0 Å². The molecule has 0 aliphatic carbocycles. The molecule has 0 radical (unpaired) electrons. The zero-order valence-corrected chi connectivity index (χ0v) is 22.7. The van der Waals surface area contributed by atoms with E-state index in [9.17, 15) is 18.8 Å². The molecule has 1 amide bonds. The van der Waals surface area contributed by atoms with Crippen LogP contribution in [-0.4, -0.2) is 58.0 Å². The maximum Gasteiger partial charge on any atom is 0.329 e. The third-order valence-electron chi connectivity index (χ3n) is 6.75. The summed E-state index contributed by atoms with van der Waals surface area (Å²) in [7, 11) is 0. The van der Waals surface area contributed by atoms with Crippen LogP contribution in [0.4, 0.5) is 21.6 Å². The molecule has 1 saturated heterocycles. The number of aromatic nitrogens is 2. The van der Waals surface area contributed by atoms with E-state index in [1.807, 2.05) is 23.1 Å². The van der Waals surface area contributed by atoms with Crippen LogP contribution in [0, 0.1) is 12.7 Å². The molecule has 202 valence electrons. The summed E-state index contributed by atoms with van der Waals surface area (Å²) in [6.07, 6.45) is 1.50. The average molecular weight is 540 g/mol. The summed E-state index contributed by atoms with van der Waals surface area (Å²) >= 11 is 1.51. The van der Waals surface area contributed by atoms with Crippen LogP contribution in [0.25, 0.3) is 0 Å². The van der Waals surface area contributed by atoms with Crippen molar-refractivity contribution in [2.75, 3.05) is 47.9 Å². The number of nitrogens with one attached hydrogen (secondary N) is 2. The van der Waals surface area contributed by atoms with Crippen LogP contribution in [0.3, 0.4) is 0 Å². The molecule has 2 N–H and O–H groups in total. The van der Waals surface area contributed by atoms with Gasteiger partial charge >= 0.3 is 5.69 Å². The number of piperazine rings is 1. The Balaban J connectivity index is 1.20. The van der Waals surface area contributed by atoms with Crippen molar-refractivity contribution in [2.45, 2.75) is 33.2 Å². The second-order valence-corrected chi connectivity index (χ2v) is 10.5. The van der Waals surface area contributed by atoms with Crippen LogP contribution in [0.15, 0.2) is 58.1 Å². The molecule has 1 aromatic heterocycles. The van der Waals surface area contributed by atoms with Gasteiger partial charge in [-0.2, -0.15) is 11.8 Å². The van der Waals surface area contributed by atoms with E-state index in [-0.39, 0.29) is 23.8 Å². The minimum Gasteiger partial charge on any atom is -0.368 e. The van der Waals surface area contributed by atoms with Crippen LogP contribution in [0.2, 0.25) is 0 Å². The van der Waals surface area contributed by atoms with E-state index in [4.69, 9.17) is 0 Å². The maximum atomic E-state index is 13.1. The van der Waals surface area contributed by atoms with E-state index in [0.717, 1.165) is 17.8 Å². The number of nitrogens with zero attached hydrogens (tertiary/aromatic N) is 3. The molecule has 3 aromatic rings. The number of rotatable bonds is 10. The summed E-state index contributed by atoms with van der Waals surface area (Å²) in [6.45, 7) is 7.11. The number of carbonyl (C=O) groups excluding carboxylic acids is 1. The summed E-state index contributed by atoms with van der Waals surface area (Å²) in [4.78, 5) is 44.4. The van der Waals surface area contributed by atoms with E-state index >= 15 is 0 Å². The largest absolute Gasteiger partial charge is 0.368 e. The number of halogens is 1. The number of hydrogen-bond acceptors (Lipinski definition) is 6. The Hall–Kier alpha value is -3.53. The number of anilines is 3. The summed E-state index contributed by atoms with van der Waals surface area (Å²) in [5.41, 5.74) is 3.36. The summed E-state index contributed by atoms with van der Waals surface area (Å²) in [5, 5.41) is 3.12. The van der Waals surface area contributed by atoms with Gasteiger partial charge in [-0.1, -0.05) is 13.0 Å². The van der Waals surface area contributed by atoms with Crippen molar-refractivity contribution in [1.82, 2.24) is 14.5 Å². The normalized spacial score (nSPS) is 13.6. The van der Waals surface area contributed by atoms with Gasteiger partial charge in [-0.25, -0.2) is 9.18 Å². The Morgan fingerprint density at radius 2 is 1.79 bits per heavy atom. The highest BCUT2D eigenvalue weighted by Gasteiger charge is 2.21. The van der Waals surface area contributed by atoms with E-state index < -0.39 is 5.69 Å². The van der Waals surface area contributed by atoms with Gasteiger partial charge in [-0.05, 0) is 73.0 Å². The minimum absolute atomic E-state index is 0.0848. The smallest absolute Gasteiger partial charge is 0.329 e. The van der Waals surface area contributed by atoms with Gasteiger partial charge in [0.15, 0.2) is 0 Å². The van der Waals surface area contributed by atoms with Crippen LogP contribution < -0.4 is 21.5 Å². The Morgan fingerprint density at radius 1 is 1.05 bits per heavy atom. The van der Waals surface area contributed by atoms with Crippen molar-refractivity contribution in [2.24, 2.45) is 0 Å². The van der Waals surface area contributed by atoms with Crippen molar-refractivity contribution in [3.63, 3.8) is 0 Å².